The zero-order valence-electron chi connectivity index (χ0n) is 18.3. The molecule has 32 heavy (non-hydrogen) atoms. The zero-order valence-corrected chi connectivity index (χ0v) is 18.3. The Bertz CT molecular complexity index is 1090. The maximum atomic E-state index is 13.0. The smallest absolute Gasteiger partial charge is 0.257 e. The Labute approximate surface area is 187 Å². The van der Waals surface area contributed by atoms with Crippen molar-refractivity contribution < 1.29 is 14.3 Å². The van der Waals surface area contributed by atoms with Crippen LogP contribution >= 0.6 is 0 Å². The number of nitrogens with zero attached hydrogens (tertiary/aromatic N) is 4. The summed E-state index contributed by atoms with van der Waals surface area (Å²) in [5.41, 5.74) is 9.55. The van der Waals surface area contributed by atoms with Gasteiger partial charge in [0.15, 0.2) is 0 Å². The predicted octanol–water partition coefficient (Wildman–Crippen LogP) is 2.97. The van der Waals surface area contributed by atoms with Crippen molar-refractivity contribution in [2.45, 2.75) is 26.4 Å². The van der Waals surface area contributed by atoms with Gasteiger partial charge in [-0.05, 0) is 43.7 Å². The van der Waals surface area contributed by atoms with Crippen molar-refractivity contribution in [2.24, 2.45) is 0 Å². The first kappa shape index (κ1) is 21.7. The van der Waals surface area contributed by atoms with Gasteiger partial charge in [0.05, 0.1) is 36.7 Å². The average molecular weight is 434 g/mol. The Morgan fingerprint density at radius 1 is 1.22 bits per heavy atom. The van der Waals surface area contributed by atoms with E-state index in [9.17, 15) is 4.79 Å². The number of pyridine rings is 1. The zero-order chi connectivity index (χ0) is 22.5. The molecule has 3 aromatic rings. The molecule has 4 rings (SSSR count). The van der Waals surface area contributed by atoms with Crippen LogP contribution in [-0.2, 0) is 11.2 Å². The van der Waals surface area contributed by atoms with E-state index in [1.165, 1.54) is 6.20 Å². The molecule has 8 nitrogen and oxygen atoms in total. The molecular formula is C24H27N5O3. The van der Waals surface area contributed by atoms with Gasteiger partial charge in [-0.1, -0.05) is 18.2 Å². The fourth-order valence-corrected chi connectivity index (χ4v) is 3.73. The predicted molar refractivity (Wildman–Crippen MR) is 120 cm³/mol. The molecule has 0 bridgehead atoms. The summed E-state index contributed by atoms with van der Waals surface area (Å²) in [5.74, 6) is 0.897. The maximum Gasteiger partial charge on any atom is 0.257 e. The molecule has 0 radical (unpaired) electrons. The van der Waals surface area contributed by atoms with E-state index in [0.29, 0.717) is 44.0 Å². The quantitative estimate of drug-likeness (QED) is 0.637. The topological polar surface area (TPSA) is 103 Å². The number of hydrogen-bond acceptors (Lipinski definition) is 7. The number of anilines is 1. The lowest BCUT2D eigenvalue weighted by molar-refractivity contribution is -0.0248. The summed E-state index contributed by atoms with van der Waals surface area (Å²) in [6.45, 7) is 5.74. The highest BCUT2D eigenvalue weighted by atomic mass is 16.5. The van der Waals surface area contributed by atoms with E-state index in [0.717, 1.165) is 22.7 Å². The lowest BCUT2D eigenvalue weighted by Crippen LogP contribution is -2.42. The Balaban J connectivity index is 1.46. The Kier molecular flexibility index (Phi) is 6.61. The molecule has 3 heterocycles. The van der Waals surface area contributed by atoms with Gasteiger partial charge in [-0.3, -0.25) is 9.78 Å². The third kappa shape index (κ3) is 5.03. The number of ether oxygens (including phenoxy) is 2. The minimum atomic E-state index is -0.289. The van der Waals surface area contributed by atoms with Crippen LogP contribution in [0.1, 0.15) is 46.0 Å². The molecule has 166 valence electrons. The van der Waals surface area contributed by atoms with Gasteiger partial charge in [-0.25, -0.2) is 9.97 Å². The van der Waals surface area contributed by atoms with Gasteiger partial charge < -0.3 is 20.1 Å². The van der Waals surface area contributed by atoms with Crippen LogP contribution < -0.4 is 10.5 Å². The van der Waals surface area contributed by atoms with Crippen molar-refractivity contribution in [3.05, 3.63) is 76.9 Å². The molecule has 1 aromatic carbocycles. The second-order valence-electron chi connectivity index (χ2n) is 7.65. The molecule has 2 aromatic heterocycles. The normalized spacial score (nSPS) is 16.1. The third-order valence-electron chi connectivity index (χ3n) is 5.36. The van der Waals surface area contributed by atoms with Gasteiger partial charge in [0.25, 0.3) is 5.91 Å². The lowest BCUT2D eigenvalue weighted by atomic mass is 10.1. The minimum absolute atomic E-state index is 0.124. The van der Waals surface area contributed by atoms with Crippen molar-refractivity contribution in [3.8, 4) is 5.75 Å². The van der Waals surface area contributed by atoms with Gasteiger partial charge in [0, 0.05) is 24.9 Å². The molecular weight excluding hydrogens is 406 g/mol. The number of benzene rings is 1. The van der Waals surface area contributed by atoms with Gasteiger partial charge in [0.1, 0.15) is 11.9 Å². The molecule has 1 saturated heterocycles. The maximum absolute atomic E-state index is 13.0. The number of amides is 1. The fraction of sp³-hybridized carbons (Fsp3) is 0.333. The van der Waals surface area contributed by atoms with Gasteiger partial charge in [-0.2, -0.15) is 0 Å². The monoisotopic (exact) mass is 433 g/mol. The Hall–Kier alpha value is -3.52. The molecule has 8 heteroatoms. The fourth-order valence-electron chi connectivity index (χ4n) is 3.73. The summed E-state index contributed by atoms with van der Waals surface area (Å²) in [5, 5.41) is 0. The van der Waals surface area contributed by atoms with Crippen LogP contribution in [0.25, 0.3) is 0 Å². The van der Waals surface area contributed by atoms with Gasteiger partial charge in [-0.15, -0.1) is 0 Å². The van der Waals surface area contributed by atoms with Crippen LogP contribution in [0.15, 0.2) is 48.7 Å². The lowest BCUT2D eigenvalue weighted by Gasteiger charge is -2.33. The largest absolute Gasteiger partial charge is 0.494 e. The molecule has 1 atom stereocenters. The Morgan fingerprint density at radius 3 is 2.78 bits per heavy atom. The Morgan fingerprint density at radius 2 is 2.03 bits per heavy atom. The number of aromatic nitrogens is 3. The molecule has 1 amide bonds. The van der Waals surface area contributed by atoms with Crippen LogP contribution in [0.3, 0.4) is 0 Å². The number of nitrogen functional groups attached to an aromatic ring is 1. The van der Waals surface area contributed by atoms with E-state index in [-0.39, 0.29) is 18.0 Å². The first-order valence-corrected chi connectivity index (χ1v) is 10.7. The second kappa shape index (κ2) is 9.74. The third-order valence-corrected chi connectivity index (χ3v) is 5.36. The van der Waals surface area contributed by atoms with E-state index in [1.807, 2.05) is 49.4 Å². The number of hydrogen-bond donors (Lipinski definition) is 1. The van der Waals surface area contributed by atoms with Crippen LogP contribution in [0.4, 0.5) is 5.95 Å². The second-order valence-corrected chi connectivity index (χ2v) is 7.65. The summed E-state index contributed by atoms with van der Waals surface area (Å²) in [6, 6.07) is 14.0. The summed E-state index contributed by atoms with van der Waals surface area (Å²) in [4.78, 5) is 27.7. The standard InChI is InChI=1S/C24H27N5O3/c1-3-31-19-9-7-17(8-10-19)13-18-5-4-6-21(28-18)22-15-29(11-12-32-22)23(30)20-14-26-24(25)27-16(20)2/h4-10,14,22H,3,11-13,15H2,1-2H3,(H2,25,26,27). The van der Waals surface area contributed by atoms with Crippen molar-refractivity contribution in [2.75, 3.05) is 32.0 Å². The van der Waals surface area contributed by atoms with Crippen LogP contribution in [-0.4, -0.2) is 52.1 Å². The van der Waals surface area contributed by atoms with E-state index in [1.54, 1.807) is 11.8 Å². The number of rotatable bonds is 6. The molecule has 2 N–H and O–H groups in total. The molecule has 1 aliphatic heterocycles. The summed E-state index contributed by atoms with van der Waals surface area (Å²) >= 11 is 0. The molecule has 1 fully saturated rings. The first-order chi connectivity index (χ1) is 15.5. The first-order valence-electron chi connectivity index (χ1n) is 10.7. The highest BCUT2D eigenvalue weighted by Gasteiger charge is 2.28. The summed E-state index contributed by atoms with van der Waals surface area (Å²) < 4.78 is 11.5. The van der Waals surface area contributed by atoms with E-state index in [4.69, 9.17) is 20.2 Å². The molecule has 0 aliphatic carbocycles. The van der Waals surface area contributed by atoms with Crippen LogP contribution in [0.2, 0.25) is 0 Å². The van der Waals surface area contributed by atoms with Gasteiger partial charge >= 0.3 is 0 Å². The van der Waals surface area contributed by atoms with E-state index >= 15 is 0 Å². The van der Waals surface area contributed by atoms with E-state index in [2.05, 4.69) is 9.97 Å². The number of aryl methyl sites for hydroxylation is 1. The van der Waals surface area contributed by atoms with Crippen molar-refractivity contribution >= 4 is 11.9 Å². The van der Waals surface area contributed by atoms with Crippen LogP contribution in [0.5, 0.6) is 5.75 Å². The summed E-state index contributed by atoms with van der Waals surface area (Å²) in [6.07, 6.45) is 1.90. The van der Waals surface area contributed by atoms with Crippen molar-refractivity contribution in [1.29, 1.82) is 0 Å². The van der Waals surface area contributed by atoms with Gasteiger partial charge in [0.2, 0.25) is 5.95 Å². The highest BCUT2D eigenvalue weighted by molar-refractivity contribution is 5.95. The minimum Gasteiger partial charge on any atom is -0.494 e. The SMILES string of the molecule is CCOc1ccc(Cc2cccc(C3CN(C(=O)c4cnc(N)nc4C)CCO3)n2)cc1. The number of morpholine rings is 1. The van der Waals surface area contributed by atoms with Crippen molar-refractivity contribution in [1.82, 2.24) is 19.9 Å². The summed E-state index contributed by atoms with van der Waals surface area (Å²) in [7, 11) is 0. The number of carbonyl (C=O) groups is 1. The van der Waals surface area contributed by atoms with Crippen LogP contribution in [0, 0.1) is 6.92 Å². The molecule has 0 spiro atoms. The number of carbonyl (C=O) groups excluding carboxylic acids is 1. The van der Waals surface area contributed by atoms with E-state index < -0.39 is 0 Å². The molecule has 1 aliphatic rings. The average Bonchev–Trinajstić information content (AvgIpc) is 2.80. The molecule has 0 saturated carbocycles. The highest BCUT2D eigenvalue weighted by Crippen LogP contribution is 2.23. The van der Waals surface area contributed by atoms with Crippen molar-refractivity contribution in [3.63, 3.8) is 0 Å². The molecule has 1 unspecified atom stereocenters. The number of nitrogens with two attached hydrogens (primary N) is 1.